The molecule has 5 unspecified atom stereocenters. The molecule has 2 fully saturated rings. The summed E-state index contributed by atoms with van der Waals surface area (Å²) >= 11 is 0. The Hall–Kier alpha value is -0.0800. The van der Waals surface area contributed by atoms with E-state index in [-0.39, 0.29) is 11.5 Å². The fourth-order valence-corrected chi connectivity index (χ4v) is 4.90. The van der Waals surface area contributed by atoms with Gasteiger partial charge in [-0.05, 0) is 54.8 Å². The number of methoxy groups -OCH3 is 1. The van der Waals surface area contributed by atoms with Crippen LogP contribution in [-0.4, -0.2) is 20.0 Å². The van der Waals surface area contributed by atoms with Crippen molar-refractivity contribution in [1.82, 2.24) is 0 Å². The predicted octanol–water partition coefficient (Wildman–Crippen LogP) is 4.87. The fraction of sp³-hybridized carbons (Fsp3) is 1.00. The van der Waals surface area contributed by atoms with E-state index in [0.717, 1.165) is 17.8 Å². The van der Waals surface area contributed by atoms with Gasteiger partial charge in [-0.3, -0.25) is 0 Å². The van der Waals surface area contributed by atoms with Crippen LogP contribution in [0.25, 0.3) is 0 Å². The minimum Gasteiger partial charge on any atom is -0.359 e. The zero-order valence-electron chi connectivity index (χ0n) is 14.4. The molecule has 0 saturated heterocycles. The van der Waals surface area contributed by atoms with Crippen LogP contribution in [0.1, 0.15) is 66.7 Å². The lowest BCUT2D eigenvalue weighted by Crippen LogP contribution is -2.50. The molecule has 5 atom stereocenters. The number of ether oxygens (including phenoxy) is 2. The van der Waals surface area contributed by atoms with Crippen LogP contribution in [0.15, 0.2) is 0 Å². The highest BCUT2D eigenvalue weighted by molar-refractivity contribution is 5.00. The first kappa shape index (κ1) is 16.3. The second kappa shape index (κ2) is 5.96. The average Bonchev–Trinajstić information content (AvgIpc) is 2.38. The largest absolute Gasteiger partial charge is 0.359 e. The molecular formula is C18H34O2. The van der Waals surface area contributed by atoms with Crippen molar-refractivity contribution in [2.75, 3.05) is 13.9 Å². The molecule has 0 heterocycles. The van der Waals surface area contributed by atoms with E-state index in [1.54, 1.807) is 7.11 Å². The van der Waals surface area contributed by atoms with E-state index in [1.807, 2.05) is 0 Å². The fourth-order valence-electron chi connectivity index (χ4n) is 4.90. The maximum atomic E-state index is 5.93. The van der Waals surface area contributed by atoms with Gasteiger partial charge in [-0.15, -0.1) is 0 Å². The van der Waals surface area contributed by atoms with Crippen molar-refractivity contribution in [3.8, 4) is 0 Å². The van der Waals surface area contributed by atoms with Crippen molar-refractivity contribution in [3.63, 3.8) is 0 Å². The van der Waals surface area contributed by atoms with Gasteiger partial charge in [0.1, 0.15) is 6.79 Å². The highest BCUT2D eigenvalue weighted by Gasteiger charge is 2.51. The second-order valence-electron chi connectivity index (χ2n) is 8.31. The van der Waals surface area contributed by atoms with E-state index >= 15 is 0 Å². The van der Waals surface area contributed by atoms with E-state index in [0.29, 0.717) is 12.2 Å². The second-order valence-corrected chi connectivity index (χ2v) is 8.31. The Kier molecular flexibility index (Phi) is 4.86. The summed E-state index contributed by atoms with van der Waals surface area (Å²) in [7, 11) is 1.71. The summed E-state index contributed by atoms with van der Waals surface area (Å²) in [5.74, 6) is 2.55. The van der Waals surface area contributed by atoms with Crippen LogP contribution in [0, 0.1) is 28.6 Å². The monoisotopic (exact) mass is 282 g/mol. The maximum Gasteiger partial charge on any atom is 0.146 e. The van der Waals surface area contributed by atoms with Gasteiger partial charge in [0.2, 0.25) is 0 Å². The quantitative estimate of drug-likeness (QED) is 0.685. The van der Waals surface area contributed by atoms with E-state index in [9.17, 15) is 0 Å². The molecule has 20 heavy (non-hydrogen) atoms. The summed E-state index contributed by atoms with van der Waals surface area (Å²) in [5, 5.41) is 0. The smallest absolute Gasteiger partial charge is 0.146 e. The first-order valence-corrected chi connectivity index (χ1v) is 8.42. The van der Waals surface area contributed by atoms with Crippen LogP contribution in [0.3, 0.4) is 0 Å². The summed E-state index contributed by atoms with van der Waals surface area (Å²) in [6.07, 6.45) is 7.24. The molecule has 2 heteroatoms. The number of rotatable bonds is 4. The summed E-state index contributed by atoms with van der Waals surface area (Å²) in [6.45, 7) is 12.5. The Balaban J connectivity index is 2.14. The van der Waals surface area contributed by atoms with Crippen molar-refractivity contribution in [3.05, 3.63) is 0 Å². The first-order valence-electron chi connectivity index (χ1n) is 8.42. The van der Waals surface area contributed by atoms with Crippen molar-refractivity contribution in [2.45, 2.75) is 72.8 Å². The van der Waals surface area contributed by atoms with Gasteiger partial charge in [-0.25, -0.2) is 0 Å². The highest BCUT2D eigenvalue weighted by Crippen LogP contribution is 2.58. The molecule has 2 rings (SSSR count). The molecule has 2 aliphatic rings. The van der Waals surface area contributed by atoms with Gasteiger partial charge in [0.05, 0.1) is 6.10 Å². The summed E-state index contributed by atoms with van der Waals surface area (Å²) in [5.41, 5.74) is 0.791. The molecule has 0 aromatic rings. The zero-order valence-corrected chi connectivity index (χ0v) is 14.4. The SMILES string of the molecule is COCOC(C)C1(C)CC2C(CCCC2(C)C)CC1C. The third kappa shape index (κ3) is 2.92. The Morgan fingerprint density at radius 3 is 2.60 bits per heavy atom. The van der Waals surface area contributed by atoms with Gasteiger partial charge >= 0.3 is 0 Å². The van der Waals surface area contributed by atoms with Gasteiger partial charge in [0, 0.05) is 7.11 Å². The van der Waals surface area contributed by atoms with Crippen molar-refractivity contribution in [2.24, 2.45) is 28.6 Å². The highest BCUT2D eigenvalue weighted by atomic mass is 16.7. The van der Waals surface area contributed by atoms with Crippen molar-refractivity contribution < 1.29 is 9.47 Å². The molecule has 0 aromatic carbocycles. The lowest BCUT2D eigenvalue weighted by Gasteiger charge is -2.56. The Bertz CT molecular complexity index is 319. The van der Waals surface area contributed by atoms with E-state index in [2.05, 4.69) is 34.6 Å². The van der Waals surface area contributed by atoms with Crippen LogP contribution in [0.4, 0.5) is 0 Å². The van der Waals surface area contributed by atoms with Crippen LogP contribution < -0.4 is 0 Å². The zero-order chi connectivity index (χ0) is 15.0. The van der Waals surface area contributed by atoms with Crippen LogP contribution in [0.2, 0.25) is 0 Å². The topological polar surface area (TPSA) is 18.5 Å². The Labute approximate surface area is 125 Å². The number of hydrogen-bond acceptors (Lipinski definition) is 2. The summed E-state index contributed by atoms with van der Waals surface area (Å²) in [4.78, 5) is 0. The summed E-state index contributed by atoms with van der Waals surface area (Å²) in [6, 6.07) is 0. The normalized spacial score (nSPS) is 42.0. The molecule has 0 radical (unpaired) electrons. The van der Waals surface area contributed by atoms with Crippen molar-refractivity contribution >= 4 is 0 Å². The number of hydrogen-bond donors (Lipinski definition) is 0. The predicted molar refractivity (Wildman–Crippen MR) is 83.5 cm³/mol. The molecule has 0 spiro atoms. The molecule has 2 nitrogen and oxygen atoms in total. The van der Waals surface area contributed by atoms with E-state index in [4.69, 9.17) is 9.47 Å². The van der Waals surface area contributed by atoms with Gasteiger partial charge < -0.3 is 9.47 Å². The Morgan fingerprint density at radius 2 is 1.95 bits per heavy atom. The van der Waals surface area contributed by atoms with E-state index < -0.39 is 0 Å². The molecule has 2 saturated carbocycles. The molecule has 0 N–H and O–H groups in total. The summed E-state index contributed by atoms with van der Waals surface area (Å²) < 4.78 is 11.0. The van der Waals surface area contributed by atoms with Gasteiger partial charge in [-0.2, -0.15) is 0 Å². The first-order chi connectivity index (χ1) is 9.31. The van der Waals surface area contributed by atoms with Gasteiger partial charge in [0.25, 0.3) is 0 Å². The van der Waals surface area contributed by atoms with E-state index in [1.165, 1.54) is 32.1 Å². The molecule has 0 amide bonds. The lowest BCUT2D eigenvalue weighted by atomic mass is 9.50. The minimum atomic E-state index is 0.274. The maximum absolute atomic E-state index is 5.93. The van der Waals surface area contributed by atoms with Gasteiger partial charge in [0.15, 0.2) is 0 Å². The third-order valence-corrected chi connectivity index (χ3v) is 6.78. The molecule has 118 valence electrons. The third-order valence-electron chi connectivity index (χ3n) is 6.78. The Morgan fingerprint density at radius 1 is 1.25 bits per heavy atom. The average molecular weight is 282 g/mol. The van der Waals surface area contributed by atoms with Crippen LogP contribution >= 0.6 is 0 Å². The molecule has 0 aromatic heterocycles. The van der Waals surface area contributed by atoms with Crippen LogP contribution in [-0.2, 0) is 9.47 Å². The van der Waals surface area contributed by atoms with Gasteiger partial charge in [-0.1, -0.05) is 40.5 Å². The number of fused-ring (bicyclic) bond motifs is 1. The van der Waals surface area contributed by atoms with Crippen molar-refractivity contribution in [1.29, 1.82) is 0 Å². The minimum absolute atomic E-state index is 0.274. The lowest BCUT2D eigenvalue weighted by molar-refractivity contribution is -0.154. The molecular weight excluding hydrogens is 248 g/mol. The standard InChI is InChI=1S/C18H34O2/c1-13-10-15-8-7-9-17(3,4)16(15)11-18(13,5)14(2)20-12-19-6/h13-16H,7-12H2,1-6H3. The van der Waals surface area contributed by atoms with Crippen LogP contribution in [0.5, 0.6) is 0 Å². The molecule has 0 aliphatic heterocycles. The molecule has 2 aliphatic carbocycles. The molecule has 0 bridgehead atoms.